The number of hydrogen-bond donors (Lipinski definition) is 23. The van der Waals surface area contributed by atoms with Crippen molar-refractivity contribution in [3.8, 4) is 0 Å². The van der Waals surface area contributed by atoms with Crippen molar-refractivity contribution in [2.24, 2.45) is 17.4 Å². The summed E-state index contributed by atoms with van der Waals surface area (Å²) in [4.78, 5) is 322. The second-order valence-corrected chi connectivity index (χ2v) is 41.2. The molecule has 0 saturated carbocycles. The van der Waals surface area contributed by atoms with Gasteiger partial charge in [0.15, 0.2) is 5.96 Å². The van der Waals surface area contributed by atoms with Crippen molar-refractivity contribution in [3.05, 3.63) is 102 Å². The molecule has 0 unspecified atom stereocenters. The first-order chi connectivity index (χ1) is 71.6. The number of nitrogens with zero attached hydrogens (tertiary/aromatic N) is 6. The van der Waals surface area contributed by atoms with E-state index in [1.54, 1.807) is 87.0 Å². The highest BCUT2D eigenvalue weighted by Crippen LogP contribution is 2.27. The topological polar surface area (TPSA) is 754 Å². The van der Waals surface area contributed by atoms with E-state index in [1.807, 2.05) is 0 Å². The fourth-order valence-electron chi connectivity index (χ4n) is 17.3. The number of carboxylic acid groups (broad SMARTS) is 2. The fourth-order valence-corrected chi connectivity index (χ4v) is 20.6. The summed E-state index contributed by atoms with van der Waals surface area (Å²) in [6.07, 6.45) is -0.335. The van der Waals surface area contributed by atoms with Gasteiger partial charge >= 0.3 is 11.9 Å². The Kier molecular flexibility index (Phi) is 45.4. The predicted octanol–water partition coefficient (Wildman–Crippen LogP) is -5.40. The van der Waals surface area contributed by atoms with E-state index < -0.39 is 316 Å². The van der Waals surface area contributed by atoms with Crippen LogP contribution in [0.15, 0.2) is 85.3 Å². The molecule has 4 bridgehead atoms. The molecular formula is C95H131N25O26S4. The van der Waals surface area contributed by atoms with Gasteiger partial charge in [-0.3, -0.25) is 106 Å². The van der Waals surface area contributed by atoms with Gasteiger partial charge < -0.3 is 146 Å². The van der Waals surface area contributed by atoms with E-state index in [2.05, 4.69) is 89.4 Å². The molecular weight excluding hydrogens is 2040 g/mol. The number of nitrogens with one attached hydrogen (secondary N) is 17. The van der Waals surface area contributed by atoms with E-state index in [0.717, 1.165) is 63.8 Å². The SMILES string of the molecule is CC[C@H](C)[C@@H]1NC(=O)[C@@H]2CCCN2C(=O)[C@H]([C@@H](C)O)NC(=O)[C@H](CO)NC(=O)[C@H](Cc2c[nH]c3ccccc23)NC(=O)[C@H](CC(N)=O)NC(=O)[C@H](CCCCNC(=N)N)NC(=O)[C@H](CCSC)NC(=O)[C@@H]2CSCCC(=O)N3CN(CN(C3)C(=O)CCSC[C@@H](NC(C)=O)C(=O)N3COC[C@H]3C(=O)N[C@@H](Cc3ccccn3)C(=O)N[C@H](CC(=O)O)C(=O)N2)C(=O)CCSC[C@@H](C(=O)O)NC(=O)[C@H](Cc2c[nH]c3ccccc23)NC1=O. The minimum absolute atomic E-state index is 0.0104. The number of aromatic nitrogens is 3. The fraction of sp³-hybridized carbons (Fsp3) is 0.547. The van der Waals surface area contributed by atoms with Crippen molar-refractivity contribution >= 4 is 199 Å². The zero-order chi connectivity index (χ0) is 109. The number of benzene rings is 2. The minimum Gasteiger partial charge on any atom is -0.481 e. The van der Waals surface area contributed by atoms with Crippen LogP contribution in [0.2, 0.25) is 0 Å². The Labute approximate surface area is 879 Å². The summed E-state index contributed by atoms with van der Waals surface area (Å²) in [5.41, 5.74) is 13.6. The van der Waals surface area contributed by atoms with E-state index in [4.69, 9.17) is 21.6 Å². The second kappa shape index (κ2) is 57.7. The van der Waals surface area contributed by atoms with Gasteiger partial charge in [0, 0.05) is 139 Å². The van der Waals surface area contributed by atoms with Crippen LogP contribution in [-0.2, 0) is 125 Å². The van der Waals surface area contributed by atoms with Crippen LogP contribution in [0, 0.1) is 11.3 Å². The highest BCUT2D eigenvalue weighted by atomic mass is 32.2. The predicted molar refractivity (Wildman–Crippen MR) is 549 cm³/mol. The third kappa shape index (κ3) is 34.3. The Hall–Kier alpha value is -13.9. The number of primary amides is 1. The van der Waals surface area contributed by atoms with Gasteiger partial charge in [0.1, 0.15) is 97.4 Å². The number of aliphatic carboxylic acids is 2. The van der Waals surface area contributed by atoms with Gasteiger partial charge in [-0.2, -0.15) is 47.0 Å². The van der Waals surface area contributed by atoms with Crippen molar-refractivity contribution in [3.63, 3.8) is 0 Å². The molecule has 5 aliphatic heterocycles. The number of fused-ring (bicyclic) bond motifs is 11. The molecule has 19 amide bonds. The molecule has 51 nitrogen and oxygen atoms in total. The number of thioether (sulfide) groups is 4. The lowest BCUT2D eigenvalue weighted by Crippen LogP contribution is -2.63. The highest BCUT2D eigenvalue weighted by molar-refractivity contribution is 7.99. The number of aliphatic hydroxyl groups excluding tert-OH is 2. The molecule has 5 saturated heterocycles. The van der Waals surface area contributed by atoms with Crippen LogP contribution in [0.4, 0.5) is 0 Å². The van der Waals surface area contributed by atoms with E-state index in [9.17, 15) is 87.5 Å². The van der Waals surface area contributed by atoms with Gasteiger partial charge in [0.05, 0.1) is 52.2 Å². The number of aromatic amines is 2. The van der Waals surface area contributed by atoms with E-state index >= 15 is 33.6 Å². The van der Waals surface area contributed by atoms with Gasteiger partial charge in [-0.1, -0.05) is 62.7 Å². The monoisotopic (exact) mass is 2170 g/mol. The summed E-state index contributed by atoms with van der Waals surface area (Å²) in [5.74, 6) is -25.4. The van der Waals surface area contributed by atoms with Crippen molar-refractivity contribution < 1.29 is 126 Å². The van der Waals surface area contributed by atoms with Gasteiger partial charge in [0.2, 0.25) is 112 Å². The molecule has 0 spiro atoms. The Bertz CT molecular complexity index is 5710. The molecule has 0 radical (unpaired) electrons. The molecule has 55 heteroatoms. The minimum atomic E-state index is -2.13. The van der Waals surface area contributed by atoms with Crippen LogP contribution >= 0.6 is 47.0 Å². The molecule has 5 aromatic rings. The third-order valence-electron chi connectivity index (χ3n) is 25.6. The maximum absolute atomic E-state index is 15.4. The molecule has 8 heterocycles. The quantitative estimate of drug-likeness (QED) is 0.0156. The first-order valence-corrected chi connectivity index (χ1v) is 53.8. The summed E-state index contributed by atoms with van der Waals surface area (Å²) in [5, 5.41) is 88.1. The molecule has 816 valence electrons. The van der Waals surface area contributed by atoms with Crippen LogP contribution in [0.5, 0.6) is 0 Å². The average molecular weight is 2170 g/mol. The van der Waals surface area contributed by atoms with E-state index in [0.29, 0.717) is 32.9 Å². The van der Waals surface area contributed by atoms with Gasteiger partial charge in [-0.25, -0.2) is 4.79 Å². The number of unbranched alkanes of at least 4 members (excludes halogenated alkanes) is 1. The van der Waals surface area contributed by atoms with Gasteiger partial charge in [-0.05, 0) is 98.8 Å². The number of rotatable bonds is 24. The number of carbonyl (C=O) groups is 21. The number of aliphatic hydroxyl groups is 2. The van der Waals surface area contributed by atoms with Crippen LogP contribution in [0.1, 0.15) is 122 Å². The zero-order valence-electron chi connectivity index (χ0n) is 83.4. The number of pyridine rings is 1. The van der Waals surface area contributed by atoms with Gasteiger partial charge in [0.25, 0.3) is 0 Å². The molecule has 2 aromatic carbocycles. The van der Waals surface area contributed by atoms with Crippen LogP contribution in [0.25, 0.3) is 21.8 Å². The van der Waals surface area contributed by atoms with E-state index in [1.165, 1.54) is 40.0 Å². The van der Waals surface area contributed by atoms with Crippen molar-refractivity contribution in [2.45, 2.75) is 221 Å². The molecule has 5 fully saturated rings. The van der Waals surface area contributed by atoms with Gasteiger partial charge in [-0.15, -0.1) is 0 Å². The van der Waals surface area contributed by atoms with Crippen molar-refractivity contribution in [1.29, 1.82) is 5.41 Å². The first kappa shape index (κ1) is 118. The number of ether oxygens (including phenoxy) is 1. The smallest absolute Gasteiger partial charge is 0.327 e. The number of carbonyl (C=O) groups excluding carboxylic acids is 19. The maximum Gasteiger partial charge on any atom is 0.327 e. The molecule has 150 heavy (non-hydrogen) atoms. The summed E-state index contributed by atoms with van der Waals surface area (Å²) in [7, 11) is 0. The normalized spacial score (nSPS) is 25.5. The zero-order valence-corrected chi connectivity index (χ0v) is 86.6. The Morgan fingerprint density at radius 2 is 1.03 bits per heavy atom. The average Bonchev–Trinajstić information content (AvgIpc) is 1.63. The van der Waals surface area contributed by atoms with Crippen LogP contribution in [-0.4, -0.2) is 386 Å². The van der Waals surface area contributed by atoms with Crippen LogP contribution < -0.4 is 85.9 Å². The van der Waals surface area contributed by atoms with Crippen LogP contribution in [0.3, 0.4) is 0 Å². The van der Waals surface area contributed by atoms with Crippen molar-refractivity contribution in [2.75, 3.05) is 99.6 Å². The first-order valence-electron chi connectivity index (χ1n) is 48.9. The lowest BCUT2D eigenvalue weighted by atomic mass is 9.96. The molecule has 3 aromatic heterocycles. The number of nitrogens with two attached hydrogens (primary N) is 2. The number of amides is 19. The summed E-state index contributed by atoms with van der Waals surface area (Å²) >= 11 is 3.95. The van der Waals surface area contributed by atoms with Crippen molar-refractivity contribution in [1.82, 2.24) is 114 Å². The summed E-state index contributed by atoms with van der Waals surface area (Å²) in [6, 6.07) is -7.90. The largest absolute Gasteiger partial charge is 0.481 e. The molecule has 10 rings (SSSR count). The third-order valence-corrected chi connectivity index (χ3v) is 29.4. The Morgan fingerprint density at radius 3 is 1.57 bits per heavy atom. The Balaban J connectivity index is 1.03. The number of hydrogen-bond acceptors (Lipinski definition) is 30. The molecule has 5 aliphatic rings. The second-order valence-electron chi connectivity index (χ2n) is 36.7. The highest BCUT2D eigenvalue weighted by Gasteiger charge is 2.46. The number of guanidine groups is 1. The summed E-state index contributed by atoms with van der Waals surface area (Å²) in [6.45, 7) is 1.93. The van der Waals surface area contributed by atoms with E-state index in [-0.39, 0.29) is 112 Å². The maximum atomic E-state index is 15.4. The summed E-state index contributed by atoms with van der Waals surface area (Å²) < 4.78 is 5.64. The number of carboxylic acids is 2. The number of H-pyrrole nitrogens is 2. The Morgan fingerprint density at radius 1 is 0.540 bits per heavy atom. The molecule has 0 aliphatic carbocycles. The standard InChI is InChI=1S/C95H131N25O26S4/c1-6-50(2)78-91(141)110-63(35-54-40-102-59-20-10-8-18-57(54)59)83(133)113-70(94(144)145)45-150-33-26-76(127)118-47-116-46-117(48-118)75(126)25-32-149-44-69(103-52(4)123)92(142)120-49-146-42-72(120)90(140)109-64(36-55-16-11-13-27-99-55)84(134)108-66(38-77(128)129)86(136)112-68(43-148-31-24-74(116)125)88(138)105-61(23-30-147-5)81(131)104-60(21-12-14-28-100-95(97)98)80(130)107-65(37-73(96)124)85(135)106-62(34-53-39-101-58-19-9-7-17-56(53)58)82(132)111-67(41-121)87(137)115-79(51(3)122)93(143)119-29-15-22-71(119)89(139)114-78/h7-11,13,16-20,27,39-40,50-51,60-72,78-79,101-102,121-122H,6,12,14-15,21-26,28-38,41-49H2,1-5H3,(H2,96,124)(H,103,123)(H,104,131)(H,105,138)(H,106,135)(H,107,130)(H,108,134)(H,109,140)(H,110,141)(H,111,132)(H,112,136)(H,113,133)(H,114,139)(H,115,137)(H,128,129)(H,144,145)(H4,97,98,100)/t50-,51+,60-,61-,62-,63-,64-,65-,66+,67-,68-,69+,70-,71-,72-,78-,79-/m0/s1. The number of para-hydroxylation sites is 2. The molecule has 17 atom stereocenters. The lowest BCUT2D eigenvalue weighted by molar-refractivity contribution is -0.158. The molecule has 25 N–H and O–H groups in total. The lowest BCUT2D eigenvalue weighted by Gasteiger charge is -2.42.